The van der Waals surface area contributed by atoms with Crippen LogP contribution in [-0.2, 0) is 0 Å². The van der Waals surface area contributed by atoms with Crippen molar-refractivity contribution < 1.29 is 0 Å². The van der Waals surface area contributed by atoms with E-state index in [1.807, 2.05) is 0 Å². The van der Waals surface area contributed by atoms with Crippen molar-refractivity contribution in [1.82, 2.24) is 20.2 Å². The van der Waals surface area contributed by atoms with Gasteiger partial charge in [-0.15, -0.1) is 0 Å². The molecule has 3 N–H and O–H groups in total. The molecule has 0 aromatic carbocycles. The summed E-state index contributed by atoms with van der Waals surface area (Å²) in [6, 6.07) is 0. The first kappa shape index (κ1) is 6.78. The highest BCUT2D eigenvalue weighted by molar-refractivity contribution is 5.70. The third-order valence-corrected chi connectivity index (χ3v) is 1.52. The Labute approximate surface area is 68.7 Å². The van der Waals surface area contributed by atoms with Crippen LogP contribution in [0.25, 0.3) is 11.3 Å². The third kappa shape index (κ3) is 1.01. The van der Waals surface area contributed by atoms with E-state index in [0.717, 1.165) is 11.3 Å². The van der Waals surface area contributed by atoms with E-state index in [-0.39, 0.29) is 0 Å². The van der Waals surface area contributed by atoms with Gasteiger partial charge in [0.15, 0.2) is 0 Å². The summed E-state index contributed by atoms with van der Waals surface area (Å²) in [5.74, 6) is 0. The zero-order valence-corrected chi connectivity index (χ0v) is 6.23. The van der Waals surface area contributed by atoms with Crippen molar-refractivity contribution in [2.75, 3.05) is 5.73 Å². The first-order chi connectivity index (χ1) is 5.88. The van der Waals surface area contributed by atoms with E-state index in [9.17, 15) is 0 Å². The van der Waals surface area contributed by atoms with Crippen LogP contribution in [-0.4, -0.2) is 20.2 Å². The maximum atomic E-state index is 5.62. The van der Waals surface area contributed by atoms with Crippen LogP contribution in [0, 0.1) is 0 Å². The third-order valence-electron chi connectivity index (χ3n) is 1.52. The lowest BCUT2D eigenvalue weighted by Crippen LogP contribution is -1.87. The number of aromatic nitrogens is 4. The highest BCUT2D eigenvalue weighted by Gasteiger charge is 2.03. The fourth-order valence-electron chi connectivity index (χ4n) is 0.955. The number of nitrogens with two attached hydrogens (primary N) is 1. The summed E-state index contributed by atoms with van der Waals surface area (Å²) in [6.07, 6.45) is 6.38. The monoisotopic (exact) mass is 161 g/mol. The maximum Gasteiger partial charge on any atom is 0.115 e. The largest absolute Gasteiger partial charge is 0.396 e. The van der Waals surface area contributed by atoms with Crippen LogP contribution in [0.1, 0.15) is 0 Å². The summed E-state index contributed by atoms with van der Waals surface area (Å²) in [4.78, 5) is 7.73. The van der Waals surface area contributed by atoms with Gasteiger partial charge in [-0.05, 0) is 0 Å². The Balaban J connectivity index is 2.51. The molecule has 0 unspecified atom stereocenters. The fourth-order valence-corrected chi connectivity index (χ4v) is 0.955. The molecule has 0 spiro atoms. The smallest absolute Gasteiger partial charge is 0.115 e. The minimum Gasteiger partial charge on any atom is -0.396 e. The van der Waals surface area contributed by atoms with Crippen molar-refractivity contribution in [3.05, 3.63) is 24.9 Å². The number of aromatic amines is 1. The Morgan fingerprint density at radius 2 is 1.92 bits per heavy atom. The highest BCUT2D eigenvalue weighted by atomic mass is 15.1. The molecule has 12 heavy (non-hydrogen) atoms. The van der Waals surface area contributed by atoms with E-state index in [1.165, 1.54) is 6.33 Å². The molecule has 5 heteroatoms. The summed E-state index contributed by atoms with van der Waals surface area (Å²) >= 11 is 0. The molecule has 0 bridgehead atoms. The molecule has 0 atom stereocenters. The Hall–Kier alpha value is -1.91. The van der Waals surface area contributed by atoms with Gasteiger partial charge in [0, 0.05) is 18.0 Å². The van der Waals surface area contributed by atoms with Crippen molar-refractivity contribution in [3.63, 3.8) is 0 Å². The van der Waals surface area contributed by atoms with E-state index in [4.69, 9.17) is 5.73 Å². The molecule has 60 valence electrons. The van der Waals surface area contributed by atoms with Gasteiger partial charge in [0.2, 0.25) is 0 Å². The van der Waals surface area contributed by atoms with Crippen LogP contribution < -0.4 is 5.73 Å². The van der Waals surface area contributed by atoms with Gasteiger partial charge < -0.3 is 5.73 Å². The molecule has 0 aliphatic rings. The second-order valence-electron chi connectivity index (χ2n) is 2.33. The number of nitrogen functional groups attached to an aromatic ring is 1. The van der Waals surface area contributed by atoms with Crippen LogP contribution in [0.3, 0.4) is 0 Å². The molecule has 2 aromatic heterocycles. The minimum atomic E-state index is 0.602. The molecule has 0 fully saturated rings. The van der Waals surface area contributed by atoms with Crippen LogP contribution in [0.15, 0.2) is 24.9 Å². The zero-order valence-electron chi connectivity index (χ0n) is 6.23. The number of hydrogen-bond acceptors (Lipinski definition) is 4. The second-order valence-corrected chi connectivity index (χ2v) is 2.33. The quantitative estimate of drug-likeness (QED) is 0.636. The maximum absolute atomic E-state index is 5.62. The average Bonchev–Trinajstić information content (AvgIpc) is 2.53. The van der Waals surface area contributed by atoms with Crippen molar-refractivity contribution in [2.24, 2.45) is 0 Å². The van der Waals surface area contributed by atoms with Crippen LogP contribution in [0.5, 0.6) is 0 Å². The van der Waals surface area contributed by atoms with Gasteiger partial charge in [-0.25, -0.2) is 9.97 Å². The van der Waals surface area contributed by atoms with E-state index >= 15 is 0 Å². The molecular formula is C7H7N5. The van der Waals surface area contributed by atoms with Gasteiger partial charge in [-0.1, -0.05) is 0 Å². The van der Waals surface area contributed by atoms with Crippen LogP contribution in [0.2, 0.25) is 0 Å². The summed E-state index contributed by atoms with van der Waals surface area (Å²) in [5, 5.41) is 6.56. The van der Waals surface area contributed by atoms with Gasteiger partial charge in [0.05, 0.1) is 17.6 Å². The Morgan fingerprint density at radius 1 is 1.17 bits per heavy atom. The molecule has 0 saturated carbocycles. The highest BCUT2D eigenvalue weighted by Crippen LogP contribution is 2.19. The predicted molar refractivity (Wildman–Crippen MR) is 44.0 cm³/mol. The van der Waals surface area contributed by atoms with Gasteiger partial charge in [0.25, 0.3) is 0 Å². The summed E-state index contributed by atoms with van der Waals surface area (Å²) in [7, 11) is 0. The Bertz CT molecular complexity index is 366. The molecule has 2 rings (SSSR count). The molecular weight excluding hydrogens is 154 g/mol. The summed E-state index contributed by atoms with van der Waals surface area (Å²) < 4.78 is 0. The Kier molecular flexibility index (Phi) is 1.48. The molecule has 0 amide bonds. The number of H-pyrrole nitrogens is 1. The number of hydrogen-bond donors (Lipinski definition) is 2. The van der Waals surface area contributed by atoms with E-state index < -0.39 is 0 Å². The van der Waals surface area contributed by atoms with E-state index in [0.29, 0.717) is 5.69 Å². The molecule has 0 aliphatic carbocycles. The second kappa shape index (κ2) is 2.61. The number of rotatable bonds is 1. The normalized spacial score (nSPS) is 10.0. The van der Waals surface area contributed by atoms with Crippen LogP contribution in [0.4, 0.5) is 5.69 Å². The molecule has 2 heterocycles. The molecule has 0 radical (unpaired) electrons. The fraction of sp³-hybridized carbons (Fsp3) is 0. The van der Waals surface area contributed by atoms with Crippen molar-refractivity contribution in [1.29, 1.82) is 0 Å². The molecule has 0 aliphatic heterocycles. The van der Waals surface area contributed by atoms with Crippen molar-refractivity contribution in [2.45, 2.75) is 0 Å². The topological polar surface area (TPSA) is 80.5 Å². The van der Waals surface area contributed by atoms with Gasteiger partial charge in [0.1, 0.15) is 6.33 Å². The minimum absolute atomic E-state index is 0.602. The van der Waals surface area contributed by atoms with Gasteiger partial charge in [-0.3, -0.25) is 5.10 Å². The average molecular weight is 161 g/mol. The number of anilines is 1. The summed E-state index contributed by atoms with van der Waals surface area (Å²) in [6.45, 7) is 0. The number of nitrogens with zero attached hydrogens (tertiary/aromatic N) is 3. The van der Waals surface area contributed by atoms with Gasteiger partial charge >= 0.3 is 0 Å². The SMILES string of the molecule is Nc1cn[nH]c1-c1cncnc1. The first-order valence-corrected chi connectivity index (χ1v) is 3.42. The van der Waals surface area contributed by atoms with E-state index in [2.05, 4.69) is 20.2 Å². The first-order valence-electron chi connectivity index (χ1n) is 3.42. The lowest BCUT2D eigenvalue weighted by Gasteiger charge is -1.95. The number of nitrogens with one attached hydrogen (secondary N) is 1. The predicted octanol–water partition coefficient (Wildman–Crippen LogP) is 0.449. The molecule has 2 aromatic rings. The van der Waals surface area contributed by atoms with Crippen molar-refractivity contribution >= 4 is 5.69 Å². The Morgan fingerprint density at radius 3 is 2.50 bits per heavy atom. The van der Waals surface area contributed by atoms with Gasteiger partial charge in [-0.2, -0.15) is 5.10 Å². The van der Waals surface area contributed by atoms with Crippen LogP contribution >= 0.6 is 0 Å². The lowest BCUT2D eigenvalue weighted by atomic mass is 10.2. The summed E-state index contributed by atoms with van der Waals surface area (Å²) in [5.41, 5.74) is 7.83. The zero-order chi connectivity index (χ0) is 8.39. The standard InChI is InChI=1S/C7H7N5/c8-6-3-11-12-7(6)5-1-9-4-10-2-5/h1-4H,8H2,(H,11,12). The molecule has 0 saturated heterocycles. The van der Waals surface area contributed by atoms with E-state index in [1.54, 1.807) is 18.6 Å². The van der Waals surface area contributed by atoms with Crippen molar-refractivity contribution in [3.8, 4) is 11.3 Å². The molecule has 5 nitrogen and oxygen atoms in total. The lowest BCUT2D eigenvalue weighted by molar-refractivity contribution is 1.08.